The molecule has 10 nitrogen and oxygen atoms in total. The van der Waals surface area contributed by atoms with E-state index in [1.54, 1.807) is 0 Å². The van der Waals surface area contributed by atoms with Crippen LogP contribution in [0, 0.1) is 12.3 Å². The van der Waals surface area contributed by atoms with Crippen LogP contribution in [0.5, 0.6) is 0 Å². The maximum Gasteiger partial charge on any atom is 0.265 e. The van der Waals surface area contributed by atoms with Crippen LogP contribution in [-0.2, 0) is 13.1 Å². The van der Waals surface area contributed by atoms with Crippen molar-refractivity contribution in [3.63, 3.8) is 0 Å². The van der Waals surface area contributed by atoms with E-state index >= 15 is 0 Å². The molecule has 2 aliphatic heterocycles. The Bertz CT molecular complexity index is 3940. The van der Waals surface area contributed by atoms with Crippen molar-refractivity contribution in [1.82, 2.24) is 15.5 Å². The smallest absolute Gasteiger partial charge is 0.265 e. The Balaban J connectivity index is 0.879. The van der Waals surface area contributed by atoms with E-state index in [1.807, 2.05) is 36.4 Å². The second kappa shape index (κ2) is 14.8. The molecule has 69 heavy (non-hydrogen) atoms. The molecule has 326 valence electrons. The van der Waals surface area contributed by atoms with Crippen molar-refractivity contribution in [2.75, 3.05) is 11.4 Å². The number of carbonyl (C=O) groups is 6. The van der Waals surface area contributed by atoms with Gasteiger partial charge in [-0.05, 0) is 118 Å². The van der Waals surface area contributed by atoms with Crippen LogP contribution in [-0.4, -0.2) is 46.9 Å². The van der Waals surface area contributed by atoms with Crippen LogP contribution in [0.2, 0.25) is 0 Å². The zero-order chi connectivity index (χ0) is 46.8. The molecule has 2 N–H and O–H groups in total. The molecule has 11 aromatic carbocycles. The summed E-state index contributed by atoms with van der Waals surface area (Å²) >= 11 is 0. The highest BCUT2D eigenvalue weighted by atomic mass is 16.2. The molecular weight excluding hydrogens is 861 g/mol. The molecule has 10 heteroatoms. The molecule has 0 radical (unpaired) electrons. The fraction of sp³-hybridized carbons (Fsp3) is 0.0508. The summed E-state index contributed by atoms with van der Waals surface area (Å²) in [6.07, 6.45) is 5.48. The van der Waals surface area contributed by atoms with Gasteiger partial charge < -0.3 is 10.6 Å². The van der Waals surface area contributed by atoms with E-state index in [0.29, 0.717) is 0 Å². The van der Waals surface area contributed by atoms with Crippen molar-refractivity contribution in [3.8, 4) is 12.3 Å². The highest BCUT2D eigenvalue weighted by Gasteiger charge is 2.40. The normalized spacial score (nSPS) is 13.6. The van der Waals surface area contributed by atoms with Crippen LogP contribution in [0.25, 0.3) is 75.4 Å². The number of hydrogen-bond donors (Lipinski definition) is 2. The average molecular weight is 895 g/mol. The van der Waals surface area contributed by atoms with Gasteiger partial charge in [0.15, 0.2) is 0 Å². The molecule has 0 saturated carbocycles. The standard InChI is InChI=1S/C59H34N4O6/c1-2-25-62-56(66)44-21-23-46-53-47(24-22-45(52(44)53)57(62)67)59(69)63(58(46)68)41-27-39(54(64)60-29-37-15-13-35-11-9-31-5-3-7-33-17-19-42(37)50(35)48(31)33)26-40(28-41)55(65)61-30-38-16-14-36-12-10-32-6-4-8-34-18-20-43(38)51(36)49(32)34/h1,3-24,26-28H,25,29-30H2,(H,60,64)(H,61,65). The number of rotatable bonds is 8. The highest BCUT2D eigenvalue weighted by molar-refractivity contribution is 6.39. The number of benzene rings is 11. The summed E-state index contributed by atoms with van der Waals surface area (Å²) in [5.74, 6) is -1.49. The summed E-state index contributed by atoms with van der Waals surface area (Å²) in [5.41, 5.74) is 2.25. The maximum atomic E-state index is 14.7. The van der Waals surface area contributed by atoms with Crippen molar-refractivity contribution >= 4 is 117 Å². The molecule has 0 fully saturated rings. The van der Waals surface area contributed by atoms with Crippen molar-refractivity contribution in [1.29, 1.82) is 0 Å². The molecule has 0 spiro atoms. The summed E-state index contributed by atoms with van der Waals surface area (Å²) in [5, 5.41) is 19.6. The molecule has 11 aromatic rings. The Hall–Kier alpha value is -9.46. The average Bonchev–Trinajstić information content (AvgIpc) is 3.38. The third-order valence-electron chi connectivity index (χ3n) is 14.0. The number of nitrogens with zero attached hydrogens (tertiary/aromatic N) is 2. The van der Waals surface area contributed by atoms with Crippen LogP contribution in [0.1, 0.15) is 73.3 Å². The first-order valence-electron chi connectivity index (χ1n) is 22.5. The van der Waals surface area contributed by atoms with Crippen LogP contribution < -0.4 is 15.5 Å². The van der Waals surface area contributed by atoms with Gasteiger partial charge in [0, 0.05) is 57.2 Å². The summed E-state index contributed by atoms with van der Waals surface area (Å²) < 4.78 is 0. The predicted octanol–water partition coefficient (Wildman–Crippen LogP) is 10.5. The van der Waals surface area contributed by atoms with Gasteiger partial charge in [-0.15, -0.1) is 6.42 Å². The Morgan fingerprint density at radius 1 is 0.435 bits per heavy atom. The molecule has 0 aliphatic carbocycles. The van der Waals surface area contributed by atoms with E-state index in [-0.39, 0.29) is 69.5 Å². The van der Waals surface area contributed by atoms with Crippen LogP contribution in [0.15, 0.2) is 152 Å². The Kier molecular flexibility index (Phi) is 8.54. The highest BCUT2D eigenvalue weighted by Crippen LogP contribution is 2.41. The van der Waals surface area contributed by atoms with E-state index in [0.717, 1.165) is 85.6 Å². The second-order valence-corrected chi connectivity index (χ2v) is 17.7. The third-order valence-corrected chi connectivity index (χ3v) is 14.0. The van der Waals surface area contributed by atoms with Gasteiger partial charge in [0.25, 0.3) is 35.4 Å². The number of terminal acetylenes is 1. The number of anilines is 1. The zero-order valence-electron chi connectivity index (χ0n) is 36.5. The van der Waals surface area contributed by atoms with Crippen LogP contribution in [0.4, 0.5) is 5.69 Å². The van der Waals surface area contributed by atoms with E-state index in [4.69, 9.17) is 6.42 Å². The molecule has 13 rings (SSSR count). The Morgan fingerprint density at radius 3 is 1.23 bits per heavy atom. The van der Waals surface area contributed by atoms with E-state index < -0.39 is 35.4 Å². The molecule has 6 amide bonds. The van der Waals surface area contributed by atoms with E-state index in [9.17, 15) is 28.8 Å². The van der Waals surface area contributed by atoms with Gasteiger partial charge in [0.05, 0.1) is 12.2 Å². The molecule has 0 aromatic heterocycles. The summed E-state index contributed by atoms with van der Waals surface area (Å²) in [6, 6.07) is 47.3. The quantitative estimate of drug-likeness (QED) is 0.0887. The van der Waals surface area contributed by atoms with Crippen molar-refractivity contribution < 1.29 is 28.8 Å². The molecule has 0 saturated heterocycles. The minimum Gasteiger partial charge on any atom is -0.348 e. The third kappa shape index (κ3) is 5.81. The van der Waals surface area contributed by atoms with Gasteiger partial charge in [-0.1, -0.05) is 115 Å². The summed E-state index contributed by atoms with van der Waals surface area (Å²) in [6.45, 7) is 0.0427. The Labute approximate surface area is 392 Å². The fourth-order valence-corrected chi connectivity index (χ4v) is 10.9. The number of nitrogens with one attached hydrogen (secondary N) is 2. The summed E-state index contributed by atoms with van der Waals surface area (Å²) in [7, 11) is 0. The lowest BCUT2D eigenvalue weighted by atomic mass is 9.85. The molecule has 2 aliphatic rings. The SMILES string of the molecule is C#CCN1C(=O)c2ccc3c4c(ccc(c24)C1=O)C(=O)N(c1cc(C(=O)NCc2ccc4ccc5cccc6ccc2c4c56)cc(C(=O)NCc2ccc4ccc5cccc6ccc2c4c56)c1)C3=O. The van der Waals surface area contributed by atoms with E-state index in [1.165, 1.54) is 42.5 Å². The summed E-state index contributed by atoms with van der Waals surface area (Å²) in [4.78, 5) is 87.2. The minimum absolute atomic E-state index is 0.0142. The van der Waals surface area contributed by atoms with Gasteiger partial charge in [-0.2, -0.15) is 0 Å². The number of imide groups is 2. The molecule has 0 bridgehead atoms. The molecule has 0 unspecified atom stereocenters. The Morgan fingerprint density at radius 2 is 0.812 bits per heavy atom. The zero-order valence-corrected chi connectivity index (χ0v) is 36.5. The lowest BCUT2D eigenvalue weighted by Crippen LogP contribution is -2.43. The van der Waals surface area contributed by atoms with Crippen LogP contribution in [0.3, 0.4) is 0 Å². The van der Waals surface area contributed by atoms with Gasteiger partial charge >= 0.3 is 0 Å². The predicted molar refractivity (Wildman–Crippen MR) is 268 cm³/mol. The van der Waals surface area contributed by atoms with Gasteiger partial charge in [-0.25, -0.2) is 4.90 Å². The van der Waals surface area contributed by atoms with Crippen molar-refractivity contribution in [2.45, 2.75) is 13.1 Å². The number of amides is 6. The minimum atomic E-state index is -0.756. The topological polar surface area (TPSA) is 133 Å². The first kappa shape index (κ1) is 39.9. The van der Waals surface area contributed by atoms with Crippen molar-refractivity contribution in [3.05, 3.63) is 196 Å². The molecular formula is C59H34N4O6. The second-order valence-electron chi connectivity index (χ2n) is 17.7. The largest absolute Gasteiger partial charge is 0.348 e. The molecule has 2 heterocycles. The lowest BCUT2D eigenvalue weighted by molar-refractivity contribution is 0.0629. The van der Waals surface area contributed by atoms with Gasteiger partial charge in [0.2, 0.25) is 0 Å². The van der Waals surface area contributed by atoms with Crippen LogP contribution >= 0.6 is 0 Å². The van der Waals surface area contributed by atoms with Gasteiger partial charge in [0.1, 0.15) is 0 Å². The first-order chi connectivity index (χ1) is 33.7. The lowest BCUT2D eigenvalue weighted by Gasteiger charge is -2.31. The molecule has 0 atom stereocenters. The maximum absolute atomic E-state index is 14.7. The number of carbonyl (C=O) groups excluding carboxylic acids is 6. The monoisotopic (exact) mass is 894 g/mol. The fourth-order valence-electron chi connectivity index (χ4n) is 10.9. The van der Waals surface area contributed by atoms with E-state index in [2.05, 4.69) is 89.4 Å². The first-order valence-corrected chi connectivity index (χ1v) is 22.5. The van der Waals surface area contributed by atoms with Crippen molar-refractivity contribution in [2.24, 2.45) is 0 Å². The van der Waals surface area contributed by atoms with Gasteiger partial charge in [-0.3, -0.25) is 33.7 Å². The number of hydrogen-bond acceptors (Lipinski definition) is 6.